The normalized spacial score (nSPS) is 19.5. The molecule has 356 valence electrons. The topological polar surface area (TPSA) is 91.4 Å². The smallest absolute Gasteiger partial charge is 0.332 e. The Kier molecular flexibility index (Phi) is 30.5. The number of ether oxygens (including phenoxy) is 4. The number of nitrogens with zero attached hydrogens (tertiary/aromatic N) is 1. The van der Waals surface area contributed by atoms with Crippen molar-refractivity contribution in [3.63, 3.8) is 0 Å². The van der Waals surface area contributed by atoms with Crippen LogP contribution in [-0.4, -0.2) is 73.0 Å². The quantitative estimate of drug-likeness (QED) is 0.0340. The molecular weight excluding hydrogens is 763 g/mol. The van der Waals surface area contributed by atoms with Crippen LogP contribution in [0.15, 0.2) is 0 Å². The van der Waals surface area contributed by atoms with Gasteiger partial charge in [-0.25, -0.2) is 4.79 Å². The monoisotopic (exact) mass is 860 g/mol. The van der Waals surface area contributed by atoms with Crippen LogP contribution in [0.4, 0.5) is 0 Å². The van der Waals surface area contributed by atoms with Crippen molar-refractivity contribution in [2.75, 3.05) is 19.8 Å². The van der Waals surface area contributed by atoms with Crippen LogP contribution in [-0.2, 0) is 33.3 Å². The Bertz CT molecular complexity index is 1020. The second kappa shape index (κ2) is 34.7. The van der Waals surface area contributed by atoms with Crippen molar-refractivity contribution in [1.82, 2.24) is 4.90 Å². The molecule has 0 aromatic rings. The molecule has 4 atom stereocenters. The number of hydrogen-bond donors (Lipinski definition) is 0. The Labute approximate surface area is 375 Å². The summed E-state index contributed by atoms with van der Waals surface area (Å²) in [4.78, 5) is 40.6. The fourth-order valence-corrected chi connectivity index (χ4v) is 10.5. The van der Waals surface area contributed by atoms with E-state index in [2.05, 4.69) is 32.6 Å². The highest BCUT2D eigenvalue weighted by Gasteiger charge is 2.55. The first-order valence-electron chi connectivity index (χ1n) is 26.8. The van der Waals surface area contributed by atoms with E-state index in [1.54, 1.807) is 0 Å². The zero-order valence-electron chi connectivity index (χ0n) is 40.4. The first kappa shape index (κ1) is 53.7. The zero-order valence-corrected chi connectivity index (χ0v) is 40.4. The summed E-state index contributed by atoms with van der Waals surface area (Å²) in [5, 5.41) is 0. The maximum absolute atomic E-state index is 13.0. The molecule has 2 unspecified atom stereocenters. The van der Waals surface area contributed by atoms with Gasteiger partial charge in [0, 0.05) is 31.0 Å². The molecule has 0 bridgehead atoms. The van der Waals surface area contributed by atoms with E-state index in [4.69, 9.17) is 18.9 Å². The van der Waals surface area contributed by atoms with Gasteiger partial charge in [-0.05, 0) is 88.9 Å². The number of carbonyl (C=O) groups excluding carboxylic acids is 3. The van der Waals surface area contributed by atoms with Crippen molar-refractivity contribution in [3.05, 3.63) is 0 Å². The minimum atomic E-state index is -0.217. The molecule has 0 aromatic heterocycles. The van der Waals surface area contributed by atoms with Crippen LogP contribution in [0.5, 0.6) is 0 Å². The van der Waals surface area contributed by atoms with Crippen molar-refractivity contribution in [1.29, 1.82) is 0 Å². The second-order valence-corrected chi connectivity index (χ2v) is 19.7. The molecule has 0 aliphatic carbocycles. The van der Waals surface area contributed by atoms with Gasteiger partial charge in [-0.3, -0.25) is 14.5 Å². The van der Waals surface area contributed by atoms with Crippen LogP contribution in [0.25, 0.3) is 0 Å². The molecule has 8 nitrogen and oxygen atoms in total. The van der Waals surface area contributed by atoms with Gasteiger partial charge >= 0.3 is 17.9 Å². The van der Waals surface area contributed by atoms with Gasteiger partial charge in [0.25, 0.3) is 0 Å². The Morgan fingerprint density at radius 2 is 0.820 bits per heavy atom. The number of hydrogen-bond acceptors (Lipinski definition) is 8. The van der Waals surface area contributed by atoms with Crippen LogP contribution in [0.2, 0.25) is 0 Å². The third-order valence-corrected chi connectivity index (χ3v) is 14.4. The summed E-state index contributed by atoms with van der Waals surface area (Å²) in [6.45, 7) is 10.2. The fourth-order valence-electron chi connectivity index (χ4n) is 10.5. The molecule has 3 aliphatic rings. The first-order chi connectivity index (χ1) is 29.9. The lowest BCUT2D eigenvalue weighted by Gasteiger charge is -2.66. The standard InChI is InChI=1S/C53H97NO7/c1-5-9-19-27-44(28-20-10-6-2)35-37-58-51(55)33-25-17-13-15-23-31-49(61-53(57)43-60-50-41-47-39-46-40-48(42-50)54(46)47)32-24-16-14-18-26-34-52(56)59-38-36-45(29-21-11-7-3)30-22-12-8-4/h44-50H,5-43H2,1-4H3/t46?,47-,48+,50?. The van der Waals surface area contributed by atoms with Crippen LogP contribution < -0.4 is 0 Å². The van der Waals surface area contributed by atoms with Gasteiger partial charge in [-0.2, -0.15) is 0 Å². The van der Waals surface area contributed by atoms with Crippen molar-refractivity contribution < 1.29 is 33.3 Å². The summed E-state index contributed by atoms with van der Waals surface area (Å²) < 4.78 is 23.6. The molecule has 0 N–H and O–H groups in total. The van der Waals surface area contributed by atoms with Crippen molar-refractivity contribution in [2.45, 2.75) is 289 Å². The Balaban J connectivity index is 1.27. The van der Waals surface area contributed by atoms with Gasteiger partial charge in [0.15, 0.2) is 0 Å². The Morgan fingerprint density at radius 1 is 0.443 bits per heavy atom. The average Bonchev–Trinajstić information content (AvgIpc) is 3.22. The van der Waals surface area contributed by atoms with Crippen LogP contribution >= 0.6 is 0 Å². The van der Waals surface area contributed by atoms with E-state index in [0.29, 0.717) is 50.0 Å². The van der Waals surface area contributed by atoms with E-state index in [-0.39, 0.29) is 36.7 Å². The number of piperidine rings is 2. The lowest BCUT2D eigenvalue weighted by Crippen LogP contribution is -2.73. The molecule has 3 fully saturated rings. The van der Waals surface area contributed by atoms with Crippen molar-refractivity contribution >= 4 is 17.9 Å². The minimum absolute atomic E-state index is 0.0419. The van der Waals surface area contributed by atoms with E-state index in [1.807, 2.05) is 0 Å². The number of esters is 3. The van der Waals surface area contributed by atoms with Gasteiger partial charge in [-0.15, -0.1) is 0 Å². The SMILES string of the molecule is CCCCCC(CCCCC)CCOC(=O)CCCCCCCC(CCCCCCCC(=O)OCCC(CCCCC)CCCCC)OC(=O)COC1C[C@@H]2CC3C[C@H](C1)N32. The summed E-state index contributed by atoms with van der Waals surface area (Å²) >= 11 is 0. The molecule has 3 heterocycles. The molecule has 0 amide bonds. The lowest BCUT2D eigenvalue weighted by atomic mass is 9.69. The summed E-state index contributed by atoms with van der Waals surface area (Å²) in [6, 6.07) is 2.16. The van der Waals surface area contributed by atoms with Crippen molar-refractivity contribution in [2.24, 2.45) is 11.8 Å². The Hall–Kier alpha value is -1.67. The number of rotatable bonds is 42. The van der Waals surface area contributed by atoms with E-state index < -0.39 is 0 Å². The Morgan fingerprint density at radius 3 is 1.23 bits per heavy atom. The van der Waals surface area contributed by atoms with E-state index in [9.17, 15) is 14.4 Å². The number of unbranched alkanes of at least 4 members (excludes halogenated alkanes) is 16. The molecule has 8 heteroatoms. The third-order valence-electron chi connectivity index (χ3n) is 14.4. The van der Waals surface area contributed by atoms with E-state index in [1.165, 1.54) is 116 Å². The van der Waals surface area contributed by atoms with Crippen LogP contribution in [0, 0.1) is 11.8 Å². The van der Waals surface area contributed by atoms with Crippen molar-refractivity contribution in [3.8, 4) is 0 Å². The largest absolute Gasteiger partial charge is 0.466 e. The molecule has 3 rings (SSSR count). The highest BCUT2D eigenvalue weighted by atomic mass is 16.6. The third kappa shape index (κ3) is 24.3. The maximum Gasteiger partial charge on any atom is 0.332 e. The maximum atomic E-state index is 13.0. The van der Waals surface area contributed by atoms with Gasteiger partial charge in [-0.1, -0.05) is 169 Å². The van der Waals surface area contributed by atoms with Gasteiger partial charge in [0.05, 0.1) is 19.3 Å². The number of carbonyl (C=O) groups is 3. The minimum Gasteiger partial charge on any atom is -0.466 e. The average molecular weight is 860 g/mol. The molecule has 3 aliphatic heterocycles. The molecule has 3 saturated heterocycles. The lowest BCUT2D eigenvalue weighted by molar-refractivity contribution is -0.186. The van der Waals surface area contributed by atoms with Crippen LogP contribution in [0.3, 0.4) is 0 Å². The summed E-state index contributed by atoms with van der Waals surface area (Å²) in [6.07, 6.45) is 40.2. The summed E-state index contributed by atoms with van der Waals surface area (Å²) in [5.41, 5.74) is 0. The predicted molar refractivity (Wildman–Crippen MR) is 251 cm³/mol. The molecular formula is C53H97NO7. The van der Waals surface area contributed by atoms with Gasteiger partial charge < -0.3 is 18.9 Å². The highest BCUT2D eigenvalue weighted by Crippen LogP contribution is 2.49. The first-order valence-corrected chi connectivity index (χ1v) is 26.8. The van der Waals surface area contributed by atoms with E-state index >= 15 is 0 Å². The molecule has 0 radical (unpaired) electrons. The predicted octanol–water partition coefficient (Wildman–Crippen LogP) is 14.2. The van der Waals surface area contributed by atoms with Gasteiger partial charge in [0.1, 0.15) is 12.7 Å². The highest BCUT2D eigenvalue weighted by molar-refractivity contribution is 5.71. The summed E-state index contributed by atoms with van der Waals surface area (Å²) in [7, 11) is 0. The molecule has 61 heavy (non-hydrogen) atoms. The van der Waals surface area contributed by atoms with Gasteiger partial charge in [0.2, 0.25) is 0 Å². The molecule has 0 saturated carbocycles. The van der Waals surface area contributed by atoms with Crippen LogP contribution in [0.1, 0.15) is 259 Å². The molecule has 0 aromatic carbocycles. The zero-order chi connectivity index (χ0) is 43.8. The fraction of sp³-hybridized carbons (Fsp3) is 0.943. The second-order valence-electron chi connectivity index (χ2n) is 19.7. The summed E-state index contributed by atoms with van der Waals surface area (Å²) in [5.74, 6) is 1.07. The molecule has 0 spiro atoms. The van der Waals surface area contributed by atoms with E-state index in [0.717, 1.165) is 109 Å².